The number of piperidine rings is 1. The standard InChI is InChI=1S/C24H24N4O2/c25-23(26)22-3-1-2-21(16-22)19-8-12-27(13-9-19)24(29)20-6-4-17(5-7-20)18-10-14-28(30)15-11-18/h1-7,10-11,14-16,19H,8-9,12-13H2,(H3,25,26). The van der Waals surface area contributed by atoms with Gasteiger partial charge in [0.05, 0.1) is 0 Å². The average Bonchev–Trinajstić information content (AvgIpc) is 2.79. The Morgan fingerprint density at radius 3 is 2.23 bits per heavy atom. The van der Waals surface area contributed by atoms with E-state index in [1.54, 1.807) is 12.1 Å². The lowest BCUT2D eigenvalue weighted by Gasteiger charge is -2.32. The number of aromatic nitrogens is 1. The Morgan fingerprint density at radius 1 is 0.967 bits per heavy atom. The van der Waals surface area contributed by atoms with Gasteiger partial charge in [0.15, 0.2) is 12.4 Å². The molecule has 1 saturated heterocycles. The third-order valence-corrected chi connectivity index (χ3v) is 5.72. The maximum Gasteiger partial charge on any atom is 0.253 e. The van der Waals surface area contributed by atoms with Crippen molar-refractivity contribution in [1.29, 1.82) is 5.41 Å². The number of nitrogen functional groups attached to an aromatic ring is 1. The van der Waals surface area contributed by atoms with Gasteiger partial charge in [0.2, 0.25) is 0 Å². The normalized spacial score (nSPS) is 14.5. The third kappa shape index (κ3) is 4.17. The monoisotopic (exact) mass is 400 g/mol. The highest BCUT2D eigenvalue weighted by atomic mass is 16.5. The smallest absolute Gasteiger partial charge is 0.253 e. The van der Waals surface area contributed by atoms with Gasteiger partial charge in [0, 0.05) is 36.3 Å². The molecule has 0 spiro atoms. The zero-order valence-corrected chi connectivity index (χ0v) is 16.6. The fourth-order valence-corrected chi connectivity index (χ4v) is 3.97. The first kappa shape index (κ1) is 19.6. The van der Waals surface area contributed by atoms with E-state index in [9.17, 15) is 10.0 Å². The SMILES string of the molecule is N=C(N)c1cccc(C2CCN(C(=O)c3ccc(-c4cc[n+]([O-])cc4)cc3)CC2)c1. The fourth-order valence-electron chi connectivity index (χ4n) is 3.97. The van der Waals surface area contributed by atoms with Crippen LogP contribution < -0.4 is 10.5 Å². The van der Waals surface area contributed by atoms with Gasteiger partial charge < -0.3 is 15.8 Å². The van der Waals surface area contributed by atoms with Gasteiger partial charge >= 0.3 is 0 Å². The molecule has 2 aromatic carbocycles. The van der Waals surface area contributed by atoms with E-state index >= 15 is 0 Å². The maximum atomic E-state index is 12.9. The van der Waals surface area contributed by atoms with Crippen LogP contribution in [0.5, 0.6) is 0 Å². The van der Waals surface area contributed by atoms with Crippen LogP contribution in [0.2, 0.25) is 0 Å². The number of amides is 1. The minimum absolute atomic E-state index is 0.0444. The van der Waals surface area contributed by atoms with Gasteiger partial charge in [0.25, 0.3) is 5.91 Å². The number of carbonyl (C=O) groups excluding carboxylic acids is 1. The minimum Gasteiger partial charge on any atom is -0.619 e. The van der Waals surface area contributed by atoms with Crippen molar-refractivity contribution in [2.75, 3.05) is 13.1 Å². The summed E-state index contributed by atoms with van der Waals surface area (Å²) >= 11 is 0. The molecule has 0 bridgehead atoms. The molecule has 0 radical (unpaired) electrons. The zero-order valence-electron chi connectivity index (χ0n) is 16.6. The fraction of sp³-hybridized carbons (Fsp3) is 0.208. The molecule has 6 heteroatoms. The molecule has 1 aromatic heterocycles. The highest BCUT2D eigenvalue weighted by Gasteiger charge is 2.24. The van der Waals surface area contributed by atoms with Gasteiger partial charge in [-0.1, -0.05) is 30.3 Å². The molecule has 1 aliphatic rings. The summed E-state index contributed by atoms with van der Waals surface area (Å²) in [6, 6.07) is 18.9. The van der Waals surface area contributed by atoms with Gasteiger partial charge in [-0.25, -0.2) is 0 Å². The molecule has 0 saturated carbocycles. The van der Waals surface area contributed by atoms with Crippen molar-refractivity contribution in [3.05, 3.63) is 95.0 Å². The van der Waals surface area contributed by atoms with Crippen LogP contribution in [0.15, 0.2) is 73.1 Å². The molecule has 6 nitrogen and oxygen atoms in total. The number of nitrogens with zero attached hydrogens (tertiary/aromatic N) is 2. The Bertz CT molecular complexity index is 1050. The van der Waals surface area contributed by atoms with Crippen LogP contribution in [0.25, 0.3) is 11.1 Å². The van der Waals surface area contributed by atoms with Gasteiger partial charge in [0.1, 0.15) is 5.84 Å². The summed E-state index contributed by atoms with van der Waals surface area (Å²) in [5, 5.41) is 18.8. The van der Waals surface area contributed by atoms with Gasteiger partial charge in [-0.3, -0.25) is 10.2 Å². The van der Waals surface area contributed by atoms with Crippen LogP contribution in [0, 0.1) is 10.6 Å². The molecular formula is C24H24N4O2. The van der Waals surface area contributed by atoms with Crippen molar-refractivity contribution in [2.24, 2.45) is 5.73 Å². The lowest BCUT2D eigenvalue weighted by Crippen LogP contribution is -2.37. The highest BCUT2D eigenvalue weighted by Crippen LogP contribution is 2.29. The number of rotatable bonds is 4. The third-order valence-electron chi connectivity index (χ3n) is 5.72. The second-order valence-electron chi connectivity index (χ2n) is 7.63. The number of carbonyl (C=O) groups is 1. The van der Waals surface area contributed by atoms with E-state index in [0.717, 1.165) is 34.3 Å². The predicted molar refractivity (Wildman–Crippen MR) is 116 cm³/mol. The predicted octanol–water partition coefficient (Wildman–Crippen LogP) is 3.29. The van der Waals surface area contributed by atoms with E-state index < -0.39 is 0 Å². The average molecular weight is 400 g/mol. The Hall–Kier alpha value is -3.67. The molecule has 0 aliphatic carbocycles. The molecular weight excluding hydrogens is 376 g/mol. The molecule has 2 heterocycles. The maximum absolute atomic E-state index is 12.9. The number of nitrogens with two attached hydrogens (primary N) is 1. The summed E-state index contributed by atoms with van der Waals surface area (Å²) in [6.07, 6.45) is 4.71. The van der Waals surface area contributed by atoms with E-state index in [0.29, 0.717) is 24.6 Å². The summed E-state index contributed by atoms with van der Waals surface area (Å²) in [6.45, 7) is 1.41. The zero-order chi connectivity index (χ0) is 21.1. The summed E-state index contributed by atoms with van der Waals surface area (Å²) in [5.74, 6) is 0.496. The van der Waals surface area contributed by atoms with Crippen molar-refractivity contribution in [1.82, 2.24) is 4.90 Å². The van der Waals surface area contributed by atoms with E-state index in [1.165, 1.54) is 18.0 Å². The molecule has 1 aliphatic heterocycles. The minimum atomic E-state index is 0.0444. The Labute approximate surface area is 175 Å². The summed E-state index contributed by atoms with van der Waals surface area (Å²) in [5.41, 5.74) is 10.1. The molecule has 30 heavy (non-hydrogen) atoms. The molecule has 4 rings (SSSR count). The van der Waals surface area contributed by atoms with E-state index in [1.807, 2.05) is 47.4 Å². The molecule has 3 N–H and O–H groups in total. The van der Waals surface area contributed by atoms with Crippen molar-refractivity contribution in [3.8, 4) is 11.1 Å². The number of benzene rings is 2. The molecule has 1 amide bonds. The Morgan fingerprint density at radius 2 is 1.60 bits per heavy atom. The first-order valence-corrected chi connectivity index (χ1v) is 10.0. The Kier molecular flexibility index (Phi) is 5.48. The molecule has 0 atom stereocenters. The van der Waals surface area contributed by atoms with Gasteiger partial charge in [-0.2, -0.15) is 4.73 Å². The van der Waals surface area contributed by atoms with Crippen LogP contribution in [-0.2, 0) is 0 Å². The molecule has 0 unspecified atom stereocenters. The van der Waals surface area contributed by atoms with Crippen LogP contribution in [0.4, 0.5) is 0 Å². The molecule has 3 aromatic rings. The van der Waals surface area contributed by atoms with Gasteiger partial charge in [-0.05, 0) is 53.6 Å². The van der Waals surface area contributed by atoms with Crippen molar-refractivity contribution < 1.29 is 9.52 Å². The number of likely N-dealkylation sites (tertiary alicyclic amines) is 1. The van der Waals surface area contributed by atoms with Crippen molar-refractivity contribution >= 4 is 11.7 Å². The number of hydrogen-bond acceptors (Lipinski definition) is 3. The van der Waals surface area contributed by atoms with Crippen molar-refractivity contribution in [2.45, 2.75) is 18.8 Å². The quantitative estimate of drug-likeness (QED) is 0.304. The number of nitrogens with one attached hydrogen (secondary N) is 1. The first-order valence-electron chi connectivity index (χ1n) is 10.0. The lowest BCUT2D eigenvalue weighted by molar-refractivity contribution is -0.605. The van der Waals surface area contributed by atoms with E-state index in [4.69, 9.17) is 11.1 Å². The summed E-state index contributed by atoms with van der Waals surface area (Å²) in [4.78, 5) is 14.8. The van der Waals surface area contributed by atoms with Crippen LogP contribution in [0.1, 0.15) is 40.2 Å². The number of amidine groups is 1. The van der Waals surface area contributed by atoms with Crippen LogP contribution >= 0.6 is 0 Å². The second-order valence-corrected chi connectivity index (χ2v) is 7.63. The number of pyridine rings is 1. The largest absolute Gasteiger partial charge is 0.619 e. The van der Waals surface area contributed by atoms with E-state index in [-0.39, 0.29) is 11.7 Å². The van der Waals surface area contributed by atoms with E-state index in [2.05, 4.69) is 6.07 Å². The topological polar surface area (TPSA) is 97.1 Å². The van der Waals surface area contributed by atoms with Gasteiger partial charge in [-0.15, -0.1) is 0 Å². The van der Waals surface area contributed by atoms with Crippen molar-refractivity contribution in [3.63, 3.8) is 0 Å². The number of hydrogen-bond donors (Lipinski definition) is 2. The lowest BCUT2D eigenvalue weighted by atomic mass is 9.88. The summed E-state index contributed by atoms with van der Waals surface area (Å²) < 4.78 is 0.751. The second kappa shape index (κ2) is 8.37. The van der Waals surface area contributed by atoms with Crippen LogP contribution in [-0.4, -0.2) is 29.7 Å². The molecule has 1 fully saturated rings. The van der Waals surface area contributed by atoms with Crippen LogP contribution in [0.3, 0.4) is 0 Å². The highest BCUT2D eigenvalue weighted by molar-refractivity contribution is 5.95. The first-order chi connectivity index (χ1) is 14.5. The molecule has 152 valence electrons. The Balaban J connectivity index is 1.40. The summed E-state index contributed by atoms with van der Waals surface area (Å²) in [7, 11) is 0.